The zero-order chi connectivity index (χ0) is 16.3. The molecular weight excluding hydrogens is 290 g/mol. The first-order valence-electron chi connectivity index (χ1n) is 5.14. The number of benzene rings is 1. The zero-order valence-corrected chi connectivity index (χ0v) is 10.5. The molecule has 0 amide bonds. The molecule has 0 radical (unpaired) electrons. The van der Waals surface area contributed by atoms with Crippen LogP contribution in [0.1, 0.15) is 6.92 Å². The summed E-state index contributed by atoms with van der Waals surface area (Å²) in [7, 11) is 0. The standard InChI is InChI=1S/C10H7N3O8/c1-5(2)10(14)21-9-7(12(17)18)3-6(11(15)16)4-8(9)13(19)20/h3-4H,1H2,2H3. The third kappa shape index (κ3) is 3.34. The van der Waals surface area contributed by atoms with Gasteiger partial charge in [0.15, 0.2) is 0 Å². The quantitative estimate of drug-likeness (QED) is 0.262. The second kappa shape index (κ2) is 5.73. The molecule has 0 bridgehead atoms. The van der Waals surface area contributed by atoms with E-state index in [-0.39, 0.29) is 5.57 Å². The Kier molecular flexibility index (Phi) is 4.28. The number of rotatable bonds is 5. The van der Waals surface area contributed by atoms with Crippen LogP contribution in [0, 0.1) is 30.3 Å². The zero-order valence-electron chi connectivity index (χ0n) is 10.5. The summed E-state index contributed by atoms with van der Waals surface area (Å²) in [6.45, 7) is 4.45. The van der Waals surface area contributed by atoms with Crippen molar-refractivity contribution in [2.24, 2.45) is 0 Å². The summed E-state index contributed by atoms with van der Waals surface area (Å²) in [5.41, 5.74) is -3.16. The molecular formula is C10H7N3O8. The summed E-state index contributed by atoms with van der Waals surface area (Å²) in [5.74, 6) is -2.11. The molecule has 1 aromatic carbocycles. The van der Waals surface area contributed by atoms with E-state index in [0.717, 1.165) is 0 Å². The Morgan fingerprint density at radius 1 is 1.05 bits per heavy atom. The second-order valence-electron chi connectivity index (χ2n) is 3.75. The topological polar surface area (TPSA) is 156 Å². The number of hydrogen-bond donors (Lipinski definition) is 0. The third-order valence-corrected chi connectivity index (χ3v) is 2.18. The monoisotopic (exact) mass is 297 g/mol. The van der Waals surface area contributed by atoms with Crippen LogP contribution < -0.4 is 4.74 Å². The highest BCUT2D eigenvalue weighted by Crippen LogP contribution is 2.40. The Morgan fingerprint density at radius 3 is 1.76 bits per heavy atom. The fourth-order valence-corrected chi connectivity index (χ4v) is 1.25. The molecule has 0 fully saturated rings. The number of esters is 1. The van der Waals surface area contributed by atoms with Gasteiger partial charge in [0.25, 0.3) is 11.4 Å². The van der Waals surface area contributed by atoms with Crippen LogP contribution in [-0.2, 0) is 4.79 Å². The molecule has 0 N–H and O–H groups in total. The van der Waals surface area contributed by atoms with Gasteiger partial charge in [-0.25, -0.2) is 4.79 Å². The van der Waals surface area contributed by atoms with Crippen molar-refractivity contribution in [3.8, 4) is 5.75 Å². The minimum absolute atomic E-state index is 0.156. The molecule has 0 aliphatic carbocycles. The molecule has 21 heavy (non-hydrogen) atoms. The van der Waals surface area contributed by atoms with Gasteiger partial charge in [0.2, 0.25) is 0 Å². The predicted octanol–water partition coefficient (Wildman–Crippen LogP) is 1.89. The first-order chi connectivity index (χ1) is 9.65. The molecule has 0 atom stereocenters. The van der Waals surface area contributed by atoms with E-state index in [1.807, 2.05) is 0 Å². The summed E-state index contributed by atoms with van der Waals surface area (Å²) in [6, 6.07) is 0.933. The van der Waals surface area contributed by atoms with Gasteiger partial charge in [0.1, 0.15) is 0 Å². The van der Waals surface area contributed by atoms with E-state index in [0.29, 0.717) is 12.1 Å². The number of non-ortho nitro benzene ring substituents is 1. The first-order valence-corrected chi connectivity index (χ1v) is 5.14. The lowest BCUT2D eigenvalue weighted by atomic mass is 10.2. The minimum atomic E-state index is -1.13. The van der Waals surface area contributed by atoms with Crippen molar-refractivity contribution in [1.82, 2.24) is 0 Å². The predicted molar refractivity (Wildman–Crippen MR) is 66.9 cm³/mol. The normalized spacial score (nSPS) is 9.76. The Hall–Kier alpha value is -3.37. The van der Waals surface area contributed by atoms with E-state index in [1.54, 1.807) is 0 Å². The lowest BCUT2D eigenvalue weighted by Crippen LogP contribution is -2.11. The van der Waals surface area contributed by atoms with Gasteiger partial charge in [-0.15, -0.1) is 0 Å². The summed E-state index contributed by atoms with van der Waals surface area (Å²) in [6.07, 6.45) is 0. The van der Waals surface area contributed by atoms with Crippen molar-refractivity contribution < 1.29 is 24.3 Å². The molecule has 0 spiro atoms. The molecule has 0 saturated carbocycles. The van der Waals surface area contributed by atoms with E-state index in [4.69, 9.17) is 0 Å². The number of carbonyl (C=O) groups is 1. The summed E-state index contributed by atoms with van der Waals surface area (Å²) in [5, 5.41) is 32.4. The van der Waals surface area contributed by atoms with E-state index in [2.05, 4.69) is 11.3 Å². The number of carbonyl (C=O) groups excluding carboxylic acids is 1. The van der Waals surface area contributed by atoms with Crippen LogP contribution in [-0.4, -0.2) is 20.7 Å². The van der Waals surface area contributed by atoms with Crippen molar-refractivity contribution in [2.75, 3.05) is 0 Å². The lowest BCUT2D eigenvalue weighted by Gasteiger charge is -2.05. The van der Waals surface area contributed by atoms with Crippen LogP contribution in [0.3, 0.4) is 0 Å². The van der Waals surface area contributed by atoms with Crippen molar-refractivity contribution in [3.05, 3.63) is 54.6 Å². The Morgan fingerprint density at radius 2 is 1.48 bits per heavy atom. The van der Waals surface area contributed by atoms with E-state index >= 15 is 0 Å². The van der Waals surface area contributed by atoms with Gasteiger partial charge in [-0.2, -0.15) is 0 Å². The lowest BCUT2D eigenvalue weighted by molar-refractivity contribution is -0.404. The van der Waals surface area contributed by atoms with Gasteiger partial charge in [-0.05, 0) is 6.92 Å². The molecule has 1 rings (SSSR count). The van der Waals surface area contributed by atoms with Crippen LogP contribution >= 0.6 is 0 Å². The highest BCUT2D eigenvalue weighted by molar-refractivity contribution is 5.90. The SMILES string of the molecule is C=C(C)C(=O)Oc1c([N+](=O)[O-])cc([N+](=O)[O-])cc1[N+](=O)[O-]. The number of nitro benzene ring substituents is 3. The number of hydrogen-bond acceptors (Lipinski definition) is 8. The maximum atomic E-state index is 11.4. The van der Waals surface area contributed by atoms with Crippen LogP contribution in [0.25, 0.3) is 0 Å². The molecule has 0 saturated heterocycles. The smallest absolute Gasteiger partial charge is 0.339 e. The number of nitrogens with zero attached hydrogens (tertiary/aromatic N) is 3. The average Bonchev–Trinajstić information content (AvgIpc) is 2.37. The van der Waals surface area contributed by atoms with Gasteiger partial charge in [-0.3, -0.25) is 30.3 Å². The maximum absolute atomic E-state index is 11.4. The molecule has 11 heteroatoms. The van der Waals surface area contributed by atoms with Gasteiger partial charge < -0.3 is 4.74 Å². The van der Waals surface area contributed by atoms with Crippen molar-refractivity contribution in [1.29, 1.82) is 0 Å². The molecule has 0 unspecified atom stereocenters. The third-order valence-electron chi connectivity index (χ3n) is 2.18. The molecule has 1 aromatic rings. The van der Waals surface area contributed by atoms with E-state index in [1.165, 1.54) is 6.92 Å². The first kappa shape index (κ1) is 15.7. The van der Waals surface area contributed by atoms with Crippen LogP contribution in [0.5, 0.6) is 5.75 Å². The molecule has 0 aromatic heterocycles. The fraction of sp³-hybridized carbons (Fsp3) is 0.100. The number of ether oxygens (including phenoxy) is 1. The van der Waals surface area contributed by atoms with Crippen molar-refractivity contribution >= 4 is 23.0 Å². The average molecular weight is 297 g/mol. The van der Waals surface area contributed by atoms with E-state index in [9.17, 15) is 35.1 Å². The Bertz CT molecular complexity index is 646. The summed E-state index contributed by atoms with van der Waals surface area (Å²) >= 11 is 0. The fourth-order valence-electron chi connectivity index (χ4n) is 1.25. The molecule has 0 heterocycles. The van der Waals surface area contributed by atoms with Crippen LogP contribution in [0.2, 0.25) is 0 Å². The Labute approximate surface area is 115 Å². The largest absolute Gasteiger partial charge is 0.408 e. The highest BCUT2D eigenvalue weighted by Gasteiger charge is 2.33. The van der Waals surface area contributed by atoms with Gasteiger partial charge in [-0.1, -0.05) is 6.58 Å². The van der Waals surface area contributed by atoms with Crippen molar-refractivity contribution in [3.63, 3.8) is 0 Å². The highest BCUT2D eigenvalue weighted by atomic mass is 16.6. The summed E-state index contributed by atoms with van der Waals surface area (Å²) < 4.78 is 4.55. The Balaban J connectivity index is 3.61. The molecule has 110 valence electrons. The van der Waals surface area contributed by atoms with Gasteiger partial charge >= 0.3 is 17.3 Å². The van der Waals surface area contributed by atoms with Gasteiger partial charge in [0.05, 0.1) is 26.9 Å². The molecule has 11 nitrogen and oxygen atoms in total. The van der Waals surface area contributed by atoms with E-state index < -0.39 is 43.6 Å². The second-order valence-corrected chi connectivity index (χ2v) is 3.75. The number of nitro groups is 3. The van der Waals surface area contributed by atoms with Crippen LogP contribution in [0.4, 0.5) is 17.1 Å². The maximum Gasteiger partial charge on any atom is 0.339 e. The van der Waals surface area contributed by atoms with Gasteiger partial charge in [0, 0.05) is 5.57 Å². The molecule has 0 aliphatic rings. The minimum Gasteiger partial charge on any atom is -0.408 e. The summed E-state index contributed by atoms with van der Waals surface area (Å²) in [4.78, 5) is 40.5. The van der Waals surface area contributed by atoms with Crippen LogP contribution in [0.15, 0.2) is 24.3 Å². The molecule has 0 aliphatic heterocycles. The van der Waals surface area contributed by atoms with Crippen molar-refractivity contribution in [2.45, 2.75) is 6.92 Å².